The minimum absolute atomic E-state index is 0.180. The van der Waals surface area contributed by atoms with Crippen LogP contribution in [0.25, 0.3) is 0 Å². The summed E-state index contributed by atoms with van der Waals surface area (Å²) in [5.74, 6) is 0. The number of hydrogen-bond donors (Lipinski definition) is 1. The standard InChI is InChI=1S/C15H24Br2O/c1-10-5-6-11(16)13(2,3)15(10)8-7-14(4,18)12(17)9-15/h5,11-12,18H,6-9H2,1-4H3/t11?,12-,14-,15?/m0/s1. The summed E-state index contributed by atoms with van der Waals surface area (Å²) in [6.45, 7) is 8.99. The molecule has 3 heteroatoms. The fourth-order valence-electron chi connectivity index (χ4n) is 3.77. The molecule has 2 rings (SSSR count). The molecule has 4 atom stereocenters. The molecule has 1 N–H and O–H groups in total. The molecule has 104 valence electrons. The fraction of sp³-hybridized carbons (Fsp3) is 0.867. The van der Waals surface area contributed by atoms with Crippen LogP contribution in [0.2, 0.25) is 0 Å². The Morgan fingerprint density at radius 3 is 2.33 bits per heavy atom. The summed E-state index contributed by atoms with van der Waals surface area (Å²) in [5, 5.41) is 10.4. The highest BCUT2D eigenvalue weighted by Crippen LogP contribution is 2.62. The van der Waals surface area contributed by atoms with Gasteiger partial charge in [-0.1, -0.05) is 57.4 Å². The van der Waals surface area contributed by atoms with E-state index in [1.807, 2.05) is 6.92 Å². The fourth-order valence-corrected chi connectivity index (χ4v) is 5.18. The van der Waals surface area contributed by atoms with Crippen LogP contribution in [0.3, 0.4) is 0 Å². The van der Waals surface area contributed by atoms with Crippen molar-refractivity contribution in [2.45, 2.75) is 68.6 Å². The van der Waals surface area contributed by atoms with E-state index in [9.17, 15) is 5.11 Å². The van der Waals surface area contributed by atoms with E-state index in [2.05, 4.69) is 58.7 Å². The zero-order valence-corrected chi connectivity index (χ0v) is 14.9. The zero-order chi connectivity index (χ0) is 13.8. The van der Waals surface area contributed by atoms with Crippen LogP contribution < -0.4 is 0 Å². The Morgan fingerprint density at radius 1 is 1.17 bits per heavy atom. The van der Waals surface area contributed by atoms with E-state index in [0.717, 1.165) is 25.7 Å². The Balaban J connectivity index is 2.41. The Bertz CT molecular complexity index is 373. The van der Waals surface area contributed by atoms with Crippen LogP contribution in [0.15, 0.2) is 11.6 Å². The van der Waals surface area contributed by atoms with Crippen molar-refractivity contribution >= 4 is 31.9 Å². The lowest BCUT2D eigenvalue weighted by atomic mass is 9.50. The summed E-state index contributed by atoms with van der Waals surface area (Å²) in [6.07, 6.45) is 6.49. The molecule has 0 saturated heterocycles. The number of halogens is 2. The van der Waals surface area contributed by atoms with Crippen LogP contribution in [0.1, 0.15) is 53.4 Å². The molecule has 2 unspecified atom stereocenters. The lowest BCUT2D eigenvalue weighted by Crippen LogP contribution is -2.55. The molecule has 1 saturated carbocycles. The number of rotatable bonds is 0. The molecule has 0 heterocycles. The quantitative estimate of drug-likeness (QED) is 0.472. The van der Waals surface area contributed by atoms with Gasteiger partial charge in [0.25, 0.3) is 0 Å². The maximum atomic E-state index is 10.4. The van der Waals surface area contributed by atoms with Crippen LogP contribution in [0.4, 0.5) is 0 Å². The molecule has 0 aromatic heterocycles. The Hall–Kier alpha value is 0.660. The van der Waals surface area contributed by atoms with Crippen LogP contribution in [-0.2, 0) is 0 Å². The molecule has 2 aliphatic carbocycles. The van der Waals surface area contributed by atoms with Crippen LogP contribution in [-0.4, -0.2) is 20.4 Å². The van der Waals surface area contributed by atoms with Crippen molar-refractivity contribution in [1.29, 1.82) is 0 Å². The Labute approximate surface area is 128 Å². The van der Waals surface area contributed by atoms with Crippen LogP contribution in [0.5, 0.6) is 0 Å². The van der Waals surface area contributed by atoms with Gasteiger partial charge in [-0.05, 0) is 50.4 Å². The first-order chi connectivity index (χ1) is 8.13. The van der Waals surface area contributed by atoms with Gasteiger partial charge in [-0.2, -0.15) is 0 Å². The van der Waals surface area contributed by atoms with E-state index >= 15 is 0 Å². The van der Waals surface area contributed by atoms with Crippen LogP contribution >= 0.6 is 31.9 Å². The molecule has 0 aliphatic heterocycles. The number of hydrogen-bond acceptors (Lipinski definition) is 1. The molecule has 1 spiro atoms. The third-order valence-electron chi connectivity index (χ3n) is 5.66. The molecule has 2 aliphatic rings. The normalized spacial score (nSPS) is 48.1. The van der Waals surface area contributed by atoms with E-state index < -0.39 is 5.60 Å². The third-order valence-corrected chi connectivity index (χ3v) is 8.49. The maximum absolute atomic E-state index is 10.4. The summed E-state index contributed by atoms with van der Waals surface area (Å²) in [6, 6.07) is 0. The zero-order valence-electron chi connectivity index (χ0n) is 11.8. The highest BCUT2D eigenvalue weighted by atomic mass is 79.9. The average Bonchev–Trinajstić information content (AvgIpc) is 2.27. The van der Waals surface area contributed by atoms with Gasteiger partial charge in [-0.25, -0.2) is 0 Å². The summed E-state index contributed by atoms with van der Waals surface area (Å²) in [4.78, 5) is 0.704. The van der Waals surface area contributed by atoms with E-state index in [1.165, 1.54) is 5.57 Å². The number of allylic oxidation sites excluding steroid dienone is 2. The average molecular weight is 380 g/mol. The number of aliphatic hydroxyl groups is 1. The molecule has 0 radical (unpaired) electrons. The van der Waals surface area contributed by atoms with E-state index in [-0.39, 0.29) is 15.7 Å². The summed E-state index contributed by atoms with van der Waals surface area (Å²) in [7, 11) is 0. The second-order valence-corrected chi connectivity index (χ2v) is 9.13. The lowest BCUT2D eigenvalue weighted by Gasteiger charge is -2.58. The van der Waals surface area contributed by atoms with Crippen molar-refractivity contribution in [3.8, 4) is 0 Å². The molecule has 1 nitrogen and oxygen atoms in total. The molecule has 0 amide bonds. The van der Waals surface area contributed by atoms with Gasteiger partial charge >= 0.3 is 0 Å². The van der Waals surface area contributed by atoms with Crippen molar-refractivity contribution in [3.63, 3.8) is 0 Å². The van der Waals surface area contributed by atoms with Gasteiger partial charge in [0.15, 0.2) is 0 Å². The van der Waals surface area contributed by atoms with E-state index in [0.29, 0.717) is 4.83 Å². The van der Waals surface area contributed by atoms with Crippen LogP contribution in [0, 0.1) is 10.8 Å². The topological polar surface area (TPSA) is 20.2 Å². The molecule has 18 heavy (non-hydrogen) atoms. The molecule has 0 aromatic rings. The molecule has 1 fully saturated rings. The smallest absolute Gasteiger partial charge is 0.0744 e. The highest BCUT2D eigenvalue weighted by molar-refractivity contribution is 9.09. The first kappa shape index (κ1) is 15.1. The largest absolute Gasteiger partial charge is 0.389 e. The summed E-state index contributed by atoms with van der Waals surface area (Å²) in [5.41, 5.74) is 1.40. The van der Waals surface area contributed by atoms with E-state index in [4.69, 9.17) is 0 Å². The minimum atomic E-state index is -0.569. The van der Waals surface area contributed by atoms with Crippen molar-refractivity contribution in [2.24, 2.45) is 10.8 Å². The highest BCUT2D eigenvalue weighted by Gasteiger charge is 2.56. The summed E-state index contributed by atoms with van der Waals surface area (Å²) >= 11 is 7.60. The van der Waals surface area contributed by atoms with Gasteiger partial charge in [0.2, 0.25) is 0 Å². The van der Waals surface area contributed by atoms with Gasteiger partial charge in [0.1, 0.15) is 0 Å². The second kappa shape index (κ2) is 4.60. The molecular formula is C15H24Br2O. The monoisotopic (exact) mass is 378 g/mol. The van der Waals surface area contributed by atoms with E-state index in [1.54, 1.807) is 0 Å². The number of alkyl halides is 2. The lowest BCUT2D eigenvalue weighted by molar-refractivity contribution is -0.0418. The predicted molar refractivity (Wildman–Crippen MR) is 84.5 cm³/mol. The van der Waals surface area contributed by atoms with Gasteiger partial charge < -0.3 is 5.11 Å². The Morgan fingerprint density at radius 2 is 1.78 bits per heavy atom. The minimum Gasteiger partial charge on any atom is -0.389 e. The molecular weight excluding hydrogens is 356 g/mol. The van der Waals surface area contributed by atoms with Crippen molar-refractivity contribution in [3.05, 3.63) is 11.6 Å². The van der Waals surface area contributed by atoms with Crippen molar-refractivity contribution in [2.75, 3.05) is 0 Å². The first-order valence-corrected chi connectivity index (χ1v) is 8.64. The molecule has 0 aromatic carbocycles. The van der Waals surface area contributed by atoms with Gasteiger partial charge in [0, 0.05) is 9.65 Å². The molecule has 0 bridgehead atoms. The van der Waals surface area contributed by atoms with Gasteiger partial charge in [-0.15, -0.1) is 0 Å². The SMILES string of the molecule is CC1=CCC(Br)C(C)(C)C12CC[C@](C)(O)[C@@H](Br)C2. The first-order valence-electron chi connectivity index (χ1n) is 6.81. The third kappa shape index (κ3) is 2.05. The van der Waals surface area contributed by atoms with Crippen molar-refractivity contribution < 1.29 is 5.11 Å². The summed E-state index contributed by atoms with van der Waals surface area (Å²) < 4.78 is 0. The Kier molecular flexibility index (Phi) is 3.84. The van der Waals surface area contributed by atoms with Crippen molar-refractivity contribution in [1.82, 2.24) is 0 Å². The second-order valence-electron chi connectivity index (χ2n) is 6.92. The van der Waals surface area contributed by atoms with Gasteiger partial charge in [-0.3, -0.25) is 0 Å². The predicted octanol–water partition coefficient (Wildman–Crippen LogP) is 4.81. The maximum Gasteiger partial charge on any atom is 0.0744 e. The van der Waals surface area contributed by atoms with Gasteiger partial charge in [0.05, 0.1) is 5.60 Å².